The fourth-order valence-electron chi connectivity index (χ4n) is 2.73. The average Bonchev–Trinajstić information content (AvgIpc) is 2.69. The number of carbonyl (C=O) groups is 3. The first-order valence-electron chi connectivity index (χ1n) is 9.47. The molecule has 0 heterocycles. The Bertz CT molecular complexity index is 973. The molecule has 2 rings (SSSR count). The number of halogens is 4. The van der Waals surface area contributed by atoms with Crippen LogP contribution in [0, 0.1) is 11.6 Å². The van der Waals surface area contributed by atoms with Crippen molar-refractivity contribution in [2.45, 2.75) is 19.8 Å². The maximum atomic E-state index is 13.7. The Balaban J connectivity index is 1.89. The molecule has 2 N–H and O–H groups in total. The topological polar surface area (TPSA) is 78.5 Å². The summed E-state index contributed by atoms with van der Waals surface area (Å²) in [5.74, 6) is -3.35. The van der Waals surface area contributed by atoms with E-state index in [1.54, 1.807) is 12.1 Å². The molecular formula is C21H21Cl2F2N3O3. The van der Waals surface area contributed by atoms with Gasteiger partial charge in [-0.15, -0.1) is 0 Å². The van der Waals surface area contributed by atoms with Crippen molar-refractivity contribution in [2.24, 2.45) is 0 Å². The lowest BCUT2D eigenvalue weighted by Crippen LogP contribution is -2.40. The van der Waals surface area contributed by atoms with E-state index in [2.05, 4.69) is 10.6 Å². The molecule has 6 nitrogen and oxygen atoms in total. The Morgan fingerprint density at radius 2 is 1.81 bits per heavy atom. The van der Waals surface area contributed by atoms with Crippen LogP contribution < -0.4 is 10.6 Å². The van der Waals surface area contributed by atoms with E-state index < -0.39 is 23.4 Å². The van der Waals surface area contributed by atoms with Gasteiger partial charge in [0.2, 0.25) is 11.8 Å². The molecule has 0 unspecified atom stereocenters. The van der Waals surface area contributed by atoms with Crippen LogP contribution in [-0.4, -0.2) is 42.3 Å². The predicted molar refractivity (Wildman–Crippen MR) is 115 cm³/mol. The summed E-state index contributed by atoms with van der Waals surface area (Å²) in [4.78, 5) is 38.2. The van der Waals surface area contributed by atoms with Crippen molar-refractivity contribution in [1.82, 2.24) is 10.2 Å². The monoisotopic (exact) mass is 471 g/mol. The summed E-state index contributed by atoms with van der Waals surface area (Å²) in [5.41, 5.74) is 0.0482. The quantitative estimate of drug-likeness (QED) is 0.573. The molecule has 0 aromatic heterocycles. The molecule has 0 atom stereocenters. The summed E-state index contributed by atoms with van der Waals surface area (Å²) in [7, 11) is 0. The molecule has 0 fully saturated rings. The highest BCUT2D eigenvalue weighted by atomic mass is 35.5. The third kappa shape index (κ3) is 7.48. The number of nitrogens with one attached hydrogen (secondary N) is 2. The Morgan fingerprint density at radius 3 is 2.45 bits per heavy atom. The molecule has 10 heteroatoms. The van der Waals surface area contributed by atoms with Gasteiger partial charge in [-0.1, -0.05) is 30.1 Å². The van der Waals surface area contributed by atoms with E-state index >= 15 is 0 Å². The fraction of sp³-hybridized carbons (Fsp3) is 0.286. The van der Waals surface area contributed by atoms with Crippen LogP contribution >= 0.6 is 23.2 Å². The lowest BCUT2D eigenvalue weighted by Gasteiger charge is -2.22. The summed E-state index contributed by atoms with van der Waals surface area (Å²) in [6.45, 7) is 1.92. The molecule has 0 bridgehead atoms. The molecule has 0 saturated carbocycles. The van der Waals surface area contributed by atoms with Crippen LogP contribution in [0.4, 0.5) is 14.5 Å². The highest BCUT2D eigenvalue weighted by Crippen LogP contribution is 2.25. The summed E-state index contributed by atoms with van der Waals surface area (Å²) < 4.78 is 26.6. The van der Waals surface area contributed by atoms with Crippen molar-refractivity contribution in [1.29, 1.82) is 0 Å². The molecule has 2 aromatic carbocycles. The first-order chi connectivity index (χ1) is 14.7. The molecule has 0 spiro atoms. The third-order valence-electron chi connectivity index (χ3n) is 4.19. The molecule has 3 amide bonds. The van der Waals surface area contributed by atoms with Crippen LogP contribution in [0.5, 0.6) is 0 Å². The fourth-order valence-corrected chi connectivity index (χ4v) is 3.18. The van der Waals surface area contributed by atoms with Gasteiger partial charge in [-0.25, -0.2) is 8.78 Å². The SMILES string of the molecule is CCCN(CC(=O)Nc1ccc(Cl)cc1Cl)C(=O)CCNC(=O)c1ccc(F)cc1F. The van der Waals surface area contributed by atoms with Gasteiger partial charge in [0.1, 0.15) is 11.6 Å². The van der Waals surface area contributed by atoms with Gasteiger partial charge in [-0.2, -0.15) is 0 Å². The molecule has 0 aliphatic heterocycles. The van der Waals surface area contributed by atoms with E-state index in [1.807, 2.05) is 6.92 Å². The molecule has 0 aliphatic carbocycles. The average molecular weight is 472 g/mol. The third-order valence-corrected chi connectivity index (χ3v) is 4.73. The summed E-state index contributed by atoms with van der Waals surface area (Å²) in [6, 6.07) is 7.22. The number of amides is 3. The van der Waals surface area contributed by atoms with Gasteiger partial charge in [0, 0.05) is 30.6 Å². The van der Waals surface area contributed by atoms with Crippen molar-refractivity contribution >= 4 is 46.6 Å². The minimum absolute atomic E-state index is 0.0701. The van der Waals surface area contributed by atoms with Crippen LogP contribution in [0.25, 0.3) is 0 Å². The van der Waals surface area contributed by atoms with Crippen molar-refractivity contribution < 1.29 is 23.2 Å². The van der Waals surface area contributed by atoms with Crippen LogP contribution in [0.2, 0.25) is 10.0 Å². The zero-order valence-corrected chi connectivity index (χ0v) is 18.2. The summed E-state index contributed by atoms with van der Waals surface area (Å²) in [6.07, 6.45) is 0.525. The lowest BCUT2D eigenvalue weighted by molar-refractivity contribution is -0.134. The van der Waals surface area contributed by atoms with E-state index in [-0.39, 0.29) is 36.0 Å². The van der Waals surface area contributed by atoms with Crippen molar-refractivity contribution in [2.75, 3.05) is 25.0 Å². The van der Waals surface area contributed by atoms with Crippen LogP contribution in [0.3, 0.4) is 0 Å². The molecular weight excluding hydrogens is 451 g/mol. The first kappa shape index (κ1) is 24.6. The van der Waals surface area contributed by atoms with Gasteiger partial charge in [0.25, 0.3) is 5.91 Å². The highest BCUT2D eigenvalue weighted by molar-refractivity contribution is 6.36. The smallest absolute Gasteiger partial charge is 0.254 e. The van der Waals surface area contributed by atoms with Crippen molar-refractivity contribution in [3.63, 3.8) is 0 Å². The lowest BCUT2D eigenvalue weighted by atomic mass is 10.2. The van der Waals surface area contributed by atoms with Gasteiger partial charge in [-0.05, 0) is 36.8 Å². The molecule has 2 aromatic rings. The summed E-state index contributed by atoms with van der Waals surface area (Å²) >= 11 is 11.9. The van der Waals surface area contributed by atoms with E-state index in [9.17, 15) is 23.2 Å². The number of rotatable bonds is 9. The zero-order chi connectivity index (χ0) is 23.0. The predicted octanol–water partition coefficient (Wildman–Crippen LogP) is 4.27. The second kappa shape index (κ2) is 11.6. The minimum atomic E-state index is -0.992. The van der Waals surface area contributed by atoms with Gasteiger partial charge < -0.3 is 15.5 Å². The number of carbonyl (C=O) groups excluding carboxylic acids is 3. The second-order valence-corrected chi connectivity index (χ2v) is 7.46. The molecule has 31 heavy (non-hydrogen) atoms. The Hall–Kier alpha value is -2.71. The molecule has 0 aliphatic rings. The minimum Gasteiger partial charge on any atom is -0.351 e. The summed E-state index contributed by atoms with van der Waals surface area (Å²) in [5, 5.41) is 5.73. The Morgan fingerprint density at radius 1 is 1.06 bits per heavy atom. The molecule has 0 radical (unpaired) electrons. The van der Waals surface area contributed by atoms with Crippen molar-refractivity contribution in [3.05, 3.63) is 63.6 Å². The number of anilines is 1. The maximum Gasteiger partial charge on any atom is 0.254 e. The van der Waals surface area contributed by atoms with Crippen molar-refractivity contribution in [3.8, 4) is 0 Å². The van der Waals surface area contributed by atoms with Crippen LogP contribution in [0.1, 0.15) is 30.1 Å². The molecule has 166 valence electrons. The number of benzene rings is 2. The number of hydrogen-bond acceptors (Lipinski definition) is 3. The normalized spacial score (nSPS) is 10.5. The maximum absolute atomic E-state index is 13.7. The van der Waals surface area contributed by atoms with E-state index in [1.165, 1.54) is 11.0 Å². The van der Waals surface area contributed by atoms with E-state index in [4.69, 9.17) is 23.2 Å². The van der Waals surface area contributed by atoms with Gasteiger partial charge >= 0.3 is 0 Å². The number of hydrogen-bond donors (Lipinski definition) is 2. The zero-order valence-electron chi connectivity index (χ0n) is 16.7. The Kier molecular flexibility index (Phi) is 9.21. The highest BCUT2D eigenvalue weighted by Gasteiger charge is 2.18. The Labute approximate surface area is 188 Å². The van der Waals surface area contributed by atoms with Crippen LogP contribution in [0.15, 0.2) is 36.4 Å². The standard InChI is InChI=1S/C21H21Cl2F2N3O3/c1-2-9-28(12-19(29)27-18-6-3-13(22)10-16(18)23)20(30)7-8-26-21(31)15-5-4-14(24)11-17(15)25/h3-6,10-11H,2,7-9,12H2,1H3,(H,26,31)(H,27,29). The van der Waals surface area contributed by atoms with Crippen LogP contribution in [-0.2, 0) is 9.59 Å². The van der Waals surface area contributed by atoms with Gasteiger partial charge in [0.05, 0.1) is 22.8 Å². The van der Waals surface area contributed by atoms with Gasteiger partial charge in [-0.3, -0.25) is 14.4 Å². The first-order valence-corrected chi connectivity index (χ1v) is 10.2. The van der Waals surface area contributed by atoms with Gasteiger partial charge in [0.15, 0.2) is 0 Å². The molecule has 0 saturated heterocycles. The number of nitrogens with zero attached hydrogens (tertiary/aromatic N) is 1. The van der Waals surface area contributed by atoms with E-state index in [0.717, 1.165) is 12.1 Å². The van der Waals surface area contributed by atoms with E-state index in [0.29, 0.717) is 29.7 Å². The second-order valence-electron chi connectivity index (χ2n) is 6.62. The largest absolute Gasteiger partial charge is 0.351 e.